The second-order valence-corrected chi connectivity index (χ2v) is 8.01. The lowest BCUT2D eigenvalue weighted by molar-refractivity contribution is -0.111. The van der Waals surface area contributed by atoms with Crippen LogP contribution in [-0.2, 0) is 4.79 Å². The van der Waals surface area contributed by atoms with Gasteiger partial charge >= 0.3 is 0 Å². The number of hydrogen-bond acceptors (Lipinski definition) is 7. The summed E-state index contributed by atoms with van der Waals surface area (Å²) in [5, 5.41) is 11.7. The fourth-order valence-electron chi connectivity index (χ4n) is 3.89. The van der Waals surface area contributed by atoms with Crippen LogP contribution in [0.1, 0.15) is 19.3 Å². The van der Waals surface area contributed by atoms with Crippen LogP contribution in [0, 0.1) is 0 Å². The second kappa shape index (κ2) is 8.86. The Labute approximate surface area is 196 Å². The summed E-state index contributed by atoms with van der Waals surface area (Å²) in [5.74, 6) is 1.38. The largest absolute Gasteiger partial charge is 0.493 e. The molecule has 1 aliphatic rings. The van der Waals surface area contributed by atoms with Crippen molar-refractivity contribution >= 4 is 22.9 Å². The number of nitrogens with one attached hydrogen (secondary N) is 1. The number of ether oxygens (including phenoxy) is 2. The molecule has 1 saturated carbocycles. The van der Waals surface area contributed by atoms with E-state index in [2.05, 4.69) is 27.1 Å². The molecule has 3 N–H and O–H groups in total. The Hall–Kier alpha value is -4.40. The third-order valence-corrected chi connectivity index (χ3v) is 5.88. The van der Waals surface area contributed by atoms with Gasteiger partial charge < -0.3 is 20.5 Å². The Balaban J connectivity index is 1.61. The van der Waals surface area contributed by atoms with Gasteiger partial charge in [-0.1, -0.05) is 24.8 Å². The van der Waals surface area contributed by atoms with Gasteiger partial charge in [0.05, 0.1) is 13.2 Å². The first-order valence-corrected chi connectivity index (χ1v) is 11.0. The maximum atomic E-state index is 11.6. The third kappa shape index (κ3) is 3.92. The van der Waals surface area contributed by atoms with Crippen LogP contribution < -0.4 is 20.5 Å². The summed E-state index contributed by atoms with van der Waals surface area (Å²) >= 11 is 0. The molecule has 0 radical (unpaired) electrons. The number of nitrogen functional groups attached to an aromatic ring is 1. The molecule has 172 valence electrons. The van der Waals surface area contributed by atoms with Crippen molar-refractivity contribution in [2.24, 2.45) is 0 Å². The first kappa shape index (κ1) is 21.4. The van der Waals surface area contributed by atoms with Crippen molar-refractivity contribution in [3.63, 3.8) is 0 Å². The molecule has 4 aromatic rings. The van der Waals surface area contributed by atoms with Crippen molar-refractivity contribution in [2.45, 2.75) is 25.4 Å². The summed E-state index contributed by atoms with van der Waals surface area (Å²) in [6.45, 7) is 3.47. The fourth-order valence-corrected chi connectivity index (χ4v) is 3.89. The van der Waals surface area contributed by atoms with E-state index in [9.17, 15) is 4.79 Å². The average Bonchev–Trinajstić information content (AvgIpc) is 3.22. The fraction of sp³-hybridized carbons (Fsp3) is 0.200. The van der Waals surface area contributed by atoms with Crippen LogP contribution in [0.15, 0.2) is 61.4 Å². The number of aromatic nitrogens is 4. The van der Waals surface area contributed by atoms with Crippen molar-refractivity contribution in [1.29, 1.82) is 0 Å². The number of nitrogens with zero attached hydrogens (tertiary/aromatic N) is 4. The van der Waals surface area contributed by atoms with E-state index in [1.807, 2.05) is 30.3 Å². The number of rotatable bonds is 7. The molecular weight excluding hydrogens is 432 g/mol. The van der Waals surface area contributed by atoms with Crippen molar-refractivity contribution in [2.75, 3.05) is 18.2 Å². The molecule has 34 heavy (non-hydrogen) atoms. The van der Waals surface area contributed by atoms with E-state index < -0.39 is 0 Å². The summed E-state index contributed by atoms with van der Waals surface area (Å²) in [6, 6.07) is 13.1. The van der Waals surface area contributed by atoms with E-state index in [1.54, 1.807) is 19.2 Å². The number of carbonyl (C=O) groups excluding carboxylic acids is 1. The molecule has 2 aromatic heterocycles. The molecule has 1 aliphatic carbocycles. The molecule has 9 heteroatoms. The molecule has 0 atom stereocenters. The summed E-state index contributed by atoms with van der Waals surface area (Å²) in [7, 11) is 1.62. The molecular formula is C25H24N6O3. The highest BCUT2D eigenvalue weighted by Gasteiger charge is 2.23. The topological polar surface area (TPSA) is 117 Å². The molecule has 9 nitrogen and oxygen atoms in total. The highest BCUT2D eigenvalue weighted by molar-refractivity contribution is 5.99. The molecule has 5 rings (SSSR count). The van der Waals surface area contributed by atoms with E-state index >= 15 is 0 Å². The van der Waals surface area contributed by atoms with Crippen LogP contribution >= 0.6 is 0 Å². The summed E-state index contributed by atoms with van der Waals surface area (Å²) in [4.78, 5) is 15.8. The zero-order valence-electron chi connectivity index (χ0n) is 18.7. The zero-order chi connectivity index (χ0) is 23.7. The van der Waals surface area contributed by atoms with E-state index in [4.69, 9.17) is 15.2 Å². The van der Waals surface area contributed by atoms with Gasteiger partial charge in [-0.2, -0.15) is 0 Å². The van der Waals surface area contributed by atoms with Gasteiger partial charge in [-0.25, -0.2) is 4.98 Å². The molecule has 2 heterocycles. The van der Waals surface area contributed by atoms with Crippen molar-refractivity contribution in [3.8, 4) is 33.9 Å². The number of hydrogen-bond donors (Lipinski definition) is 2. The van der Waals surface area contributed by atoms with Gasteiger partial charge in [0.1, 0.15) is 17.5 Å². The van der Waals surface area contributed by atoms with Gasteiger partial charge in [0.15, 0.2) is 17.3 Å². The third-order valence-electron chi connectivity index (χ3n) is 5.88. The molecule has 0 aliphatic heterocycles. The lowest BCUT2D eigenvalue weighted by Gasteiger charge is -2.27. The zero-order valence-corrected chi connectivity index (χ0v) is 18.7. The lowest BCUT2D eigenvalue weighted by atomic mass is 9.96. The molecule has 2 aromatic carbocycles. The predicted octanol–water partition coefficient (Wildman–Crippen LogP) is 4.10. The van der Waals surface area contributed by atoms with E-state index in [-0.39, 0.29) is 12.0 Å². The number of methoxy groups -OCH3 is 1. The van der Waals surface area contributed by atoms with Crippen molar-refractivity contribution < 1.29 is 14.3 Å². The standard InChI is InChI=1S/C25H24N6O3/c1-3-21(32)29-17-10-7-15(8-11-17)23-22(24-25(26)27-14-28-31(24)30-23)16-9-12-19(20(13-16)33-2)34-18-5-4-6-18/h3,7-14,18H,1,4-6H2,2H3,(H,29,32)(H2,26,27,28). The Bertz CT molecular complexity index is 1380. The quantitative estimate of drug-likeness (QED) is 0.402. The minimum atomic E-state index is -0.277. The van der Waals surface area contributed by atoms with Crippen molar-refractivity contribution in [1.82, 2.24) is 19.8 Å². The normalized spacial score (nSPS) is 13.3. The van der Waals surface area contributed by atoms with Gasteiger partial charge in [0.2, 0.25) is 5.91 Å². The molecule has 1 fully saturated rings. The minimum Gasteiger partial charge on any atom is -0.493 e. The number of fused-ring (bicyclic) bond motifs is 1. The lowest BCUT2D eigenvalue weighted by Crippen LogP contribution is -2.24. The van der Waals surface area contributed by atoms with E-state index in [0.29, 0.717) is 34.2 Å². The number of anilines is 2. The Morgan fingerprint density at radius 3 is 2.62 bits per heavy atom. The van der Waals surface area contributed by atoms with Crippen LogP contribution in [0.3, 0.4) is 0 Å². The summed E-state index contributed by atoms with van der Waals surface area (Å²) in [5.41, 5.74) is 10.6. The molecule has 1 amide bonds. The second-order valence-electron chi connectivity index (χ2n) is 8.01. The van der Waals surface area contributed by atoms with Gasteiger partial charge in [-0.05, 0) is 55.2 Å². The predicted molar refractivity (Wildman–Crippen MR) is 130 cm³/mol. The Kier molecular flexibility index (Phi) is 5.59. The molecule has 0 saturated heterocycles. The highest BCUT2D eigenvalue weighted by Crippen LogP contribution is 2.41. The number of amides is 1. The smallest absolute Gasteiger partial charge is 0.247 e. The van der Waals surface area contributed by atoms with Crippen LogP contribution in [0.5, 0.6) is 11.5 Å². The number of nitrogens with two attached hydrogens (primary N) is 1. The number of carbonyl (C=O) groups is 1. The summed E-state index contributed by atoms with van der Waals surface area (Å²) < 4.78 is 13.2. The van der Waals surface area contributed by atoms with Crippen LogP contribution in [-0.4, -0.2) is 38.9 Å². The van der Waals surface area contributed by atoms with Gasteiger partial charge in [-0.3, -0.25) is 4.79 Å². The van der Waals surface area contributed by atoms with Crippen LogP contribution in [0.2, 0.25) is 0 Å². The maximum absolute atomic E-state index is 11.6. The number of benzene rings is 2. The Morgan fingerprint density at radius 2 is 1.94 bits per heavy atom. The summed E-state index contributed by atoms with van der Waals surface area (Å²) in [6.07, 6.45) is 6.12. The molecule has 0 unspecified atom stereocenters. The average molecular weight is 457 g/mol. The van der Waals surface area contributed by atoms with E-state index in [0.717, 1.165) is 29.5 Å². The maximum Gasteiger partial charge on any atom is 0.247 e. The van der Waals surface area contributed by atoms with Crippen LogP contribution in [0.4, 0.5) is 11.5 Å². The first-order valence-electron chi connectivity index (χ1n) is 11.0. The molecule has 0 bridgehead atoms. The Morgan fingerprint density at radius 1 is 1.18 bits per heavy atom. The van der Waals surface area contributed by atoms with E-state index in [1.165, 1.54) is 23.5 Å². The van der Waals surface area contributed by atoms with Crippen LogP contribution in [0.25, 0.3) is 27.9 Å². The van der Waals surface area contributed by atoms with Gasteiger partial charge in [0.25, 0.3) is 0 Å². The highest BCUT2D eigenvalue weighted by atomic mass is 16.5. The molecule has 0 spiro atoms. The van der Waals surface area contributed by atoms with Crippen molar-refractivity contribution in [3.05, 3.63) is 61.4 Å². The monoisotopic (exact) mass is 456 g/mol. The van der Waals surface area contributed by atoms with Gasteiger partial charge in [-0.15, -0.1) is 14.8 Å². The minimum absolute atomic E-state index is 0.233. The first-order chi connectivity index (χ1) is 16.6. The SMILES string of the molecule is C=CC(=O)Nc1ccc(-c2nn3ncnc(N)c3c2-c2ccc(OC3CCC3)c(OC)c2)cc1. The van der Waals surface area contributed by atoms with Gasteiger partial charge in [0, 0.05) is 16.8 Å².